The minimum absolute atomic E-state index is 0.0404. The second-order valence-electron chi connectivity index (χ2n) is 3.06. The van der Waals surface area contributed by atoms with Crippen LogP contribution in [0.25, 0.3) is 0 Å². The lowest BCUT2D eigenvalue weighted by molar-refractivity contribution is 0.474. The lowest BCUT2D eigenvalue weighted by atomic mass is 10.0. The molecular formula is C11H15NO. The fraction of sp³-hybridized carbons (Fsp3) is 0.273. The number of benzene rings is 1. The van der Waals surface area contributed by atoms with Crippen molar-refractivity contribution in [1.29, 1.82) is 0 Å². The molecule has 0 radical (unpaired) electrons. The Morgan fingerprint density at radius 3 is 2.54 bits per heavy atom. The Labute approximate surface area is 78.7 Å². The molecule has 3 N–H and O–H groups in total. The molecule has 0 aliphatic rings. The van der Waals surface area contributed by atoms with Crippen LogP contribution >= 0.6 is 0 Å². The molecule has 13 heavy (non-hydrogen) atoms. The van der Waals surface area contributed by atoms with E-state index < -0.39 is 0 Å². The molecule has 0 amide bonds. The van der Waals surface area contributed by atoms with E-state index in [9.17, 15) is 0 Å². The van der Waals surface area contributed by atoms with Gasteiger partial charge in [-0.3, -0.25) is 0 Å². The van der Waals surface area contributed by atoms with E-state index >= 15 is 0 Å². The van der Waals surface area contributed by atoms with Gasteiger partial charge in [0.05, 0.1) is 0 Å². The predicted molar refractivity (Wildman–Crippen MR) is 54.5 cm³/mol. The first-order valence-corrected chi connectivity index (χ1v) is 4.39. The molecule has 0 bridgehead atoms. The van der Waals surface area contributed by atoms with Crippen molar-refractivity contribution in [3.63, 3.8) is 0 Å². The Bertz CT molecular complexity index is 266. The summed E-state index contributed by atoms with van der Waals surface area (Å²) in [6.45, 7) is 3.64. The van der Waals surface area contributed by atoms with Gasteiger partial charge in [-0.25, -0.2) is 0 Å². The van der Waals surface area contributed by atoms with Crippen molar-refractivity contribution in [2.45, 2.75) is 18.9 Å². The van der Waals surface area contributed by atoms with Gasteiger partial charge in [0.1, 0.15) is 5.75 Å². The third-order valence-corrected chi connectivity index (χ3v) is 2.00. The van der Waals surface area contributed by atoms with Crippen molar-refractivity contribution in [1.82, 2.24) is 0 Å². The quantitative estimate of drug-likeness (QED) is 0.693. The molecule has 2 nitrogen and oxygen atoms in total. The van der Waals surface area contributed by atoms with Gasteiger partial charge in [-0.05, 0) is 30.5 Å². The molecule has 0 saturated carbocycles. The van der Waals surface area contributed by atoms with E-state index in [0.717, 1.165) is 18.4 Å². The van der Waals surface area contributed by atoms with Crippen molar-refractivity contribution >= 4 is 0 Å². The predicted octanol–water partition coefficient (Wildman–Crippen LogP) is 2.36. The molecule has 1 aromatic carbocycles. The van der Waals surface area contributed by atoms with Gasteiger partial charge in [0.25, 0.3) is 0 Å². The summed E-state index contributed by atoms with van der Waals surface area (Å²) in [7, 11) is 0. The number of nitrogens with two attached hydrogens (primary N) is 1. The van der Waals surface area contributed by atoms with Crippen molar-refractivity contribution in [2.24, 2.45) is 5.73 Å². The van der Waals surface area contributed by atoms with Crippen LogP contribution in [-0.2, 0) is 0 Å². The monoisotopic (exact) mass is 177 g/mol. The maximum Gasteiger partial charge on any atom is 0.115 e. The van der Waals surface area contributed by atoms with Gasteiger partial charge in [0, 0.05) is 6.04 Å². The van der Waals surface area contributed by atoms with E-state index in [1.54, 1.807) is 12.1 Å². The average Bonchev–Trinajstić information content (AvgIpc) is 2.15. The summed E-state index contributed by atoms with van der Waals surface area (Å²) in [6, 6.07) is 7.05. The van der Waals surface area contributed by atoms with Gasteiger partial charge >= 0.3 is 0 Å². The van der Waals surface area contributed by atoms with Crippen molar-refractivity contribution < 1.29 is 5.11 Å². The second kappa shape index (κ2) is 4.67. The lowest BCUT2D eigenvalue weighted by Crippen LogP contribution is -2.09. The first-order valence-electron chi connectivity index (χ1n) is 4.39. The van der Waals surface area contributed by atoms with Crippen LogP contribution in [0.3, 0.4) is 0 Å². The normalized spacial score (nSPS) is 12.4. The zero-order valence-electron chi connectivity index (χ0n) is 7.61. The van der Waals surface area contributed by atoms with Gasteiger partial charge in [-0.2, -0.15) is 0 Å². The smallest absolute Gasteiger partial charge is 0.115 e. The van der Waals surface area contributed by atoms with Crippen LogP contribution in [0.4, 0.5) is 0 Å². The van der Waals surface area contributed by atoms with E-state index in [0.29, 0.717) is 0 Å². The number of aromatic hydroxyl groups is 1. The fourth-order valence-electron chi connectivity index (χ4n) is 1.19. The van der Waals surface area contributed by atoms with Gasteiger partial charge < -0.3 is 10.8 Å². The summed E-state index contributed by atoms with van der Waals surface area (Å²) >= 11 is 0. The zero-order valence-corrected chi connectivity index (χ0v) is 7.61. The number of hydrogen-bond donors (Lipinski definition) is 2. The van der Waals surface area contributed by atoms with Crippen molar-refractivity contribution in [3.8, 4) is 5.75 Å². The van der Waals surface area contributed by atoms with E-state index in [1.165, 1.54) is 0 Å². The maximum absolute atomic E-state index is 9.06. The number of phenols is 1. The Hall–Kier alpha value is -1.28. The van der Waals surface area contributed by atoms with Gasteiger partial charge in [0.2, 0.25) is 0 Å². The highest BCUT2D eigenvalue weighted by molar-refractivity contribution is 5.27. The molecule has 0 aliphatic heterocycles. The highest BCUT2D eigenvalue weighted by Crippen LogP contribution is 2.18. The van der Waals surface area contributed by atoms with Crippen LogP contribution < -0.4 is 5.73 Å². The summed E-state index contributed by atoms with van der Waals surface area (Å²) in [5.41, 5.74) is 6.96. The Kier molecular flexibility index (Phi) is 3.53. The summed E-state index contributed by atoms with van der Waals surface area (Å²) < 4.78 is 0. The zero-order chi connectivity index (χ0) is 9.68. The number of phenolic OH excluding ortho intramolecular Hbond substituents is 1. The van der Waals surface area contributed by atoms with Gasteiger partial charge in [-0.15, -0.1) is 6.58 Å². The first-order chi connectivity index (χ1) is 6.24. The Morgan fingerprint density at radius 1 is 1.38 bits per heavy atom. The molecule has 0 fully saturated rings. The topological polar surface area (TPSA) is 46.2 Å². The lowest BCUT2D eigenvalue weighted by Gasteiger charge is -2.10. The van der Waals surface area contributed by atoms with Gasteiger partial charge in [-0.1, -0.05) is 18.2 Å². The van der Waals surface area contributed by atoms with Crippen molar-refractivity contribution in [2.75, 3.05) is 0 Å². The van der Waals surface area contributed by atoms with Gasteiger partial charge in [0.15, 0.2) is 0 Å². The maximum atomic E-state index is 9.06. The third kappa shape index (κ3) is 2.92. The molecule has 0 unspecified atom stereocenters. The molecular weight excluding hydrogens is 162 g/mol. The fourth-order valence-corrected chi connectivity index (χ4v) is 1.19. The Morgan fingerprint density at radius 2 is 2.00 bits per heavy atom. The van der Waals surface area contributed by atoms with E-state index in [4.69, 9.17) is 10.8 Å². The van der Waals surface area contributed by atoms with Crippen LogP contribution in [0.1, 0.15) is 24.4 Å². The highest BCUT2D eigenvalue weighted by Gasteiger charge is 2.03. The highest BCUT2D eigenvalue weighted by atomic mass is 16.3. The largest absolute Gasteiger partial charge is 0.508 e. The van der Waals surface area contributed by atoms with Crippen LogP contribution in [0, 0.1) is 0 Å². The molecule has 0 heterocycles. The van der Waals surface area contributed by atoms with Crippen LogP contribution in [0.2, 0.25) is 0 Å². The molecule has 0 aliphatic carbocycles. The van der Waals surface area contributed by atoms with Crippen LogP contribution in [0.15, 0.2) is 36.9 Å². The summed E-state index contributed by atoms with van der Waals surface area (Å²) in [6.07, 6.45) is 3.68. The molecule has 0 saturated heterocycles. The van der Waals surface area contributed by atoms with E-state index in [-0.39, 0.29) is 11.8 Å². The average molecular weight is 177 g/mol. The molecule has 1 atom stereocenters. The molecule has 0 spiro atoms. The minimum atomic E-state index is 0.0404. The van der Waals surface area contributed by atoms with Crippen molar-refractivity contribution in [3.05, 3.63) is 42.5 Å². The molecule has 1 rings (SSSR count). The number of allylic oxidation sites excluding steroid dienone is 1. The van der Waals surface area contributed by atoms with E-state index in [2.05, 4.69) is 6.58 Å². The van der Waals surface area contributed by atoms with Crippen LogP contribution in [-0.4, -0.2) is 5.11 Å². The van der Waals surface area contributed by atoms with Crippen LogP contribution in [0.5, 0.6) is 5.75 Å². The van der Waals surface area contributed by atoms with E-state index in [1.807, 2.05) is 18.2 Å². The molecule has 0 aromatic heterocycles. The summed E-state index contributed by atoms with van der Waals surface area (Å²) in [5, 5.41) is 9.06. The molecule has 1 aromatic rings. The molecule has 70 valence electrons. The minimum Gasteiger partial charge on any atom is -0.508 e. The molecule has 2 heteroatoms. The number of rotatable bonds is 4. The Balaban J connectivity index is 2.60. The SMILES string of the molecule is C=CCC[C@@H](N)c1ccc(O)cc1. The first kappa shape index (κ1) is 9.81. The second-order valence-corrected chi connectivity index (χ2v) is 3.06. The standard InChI is InChI=1S/C11H15NO/c1-2-3-4-11(12)9-5-7-10(13)8-6-9/h2,5-8,11,13H,1,3-4,12H2/t11-/m1/s1. The summed E-state index contributed by atoms with van der Waals surface area (Å²) in [5.74, 6) is 0.277. The number of hydrogen-bond acceptors (Lipinski definition) is 2. The summed E-state index contributed by atoms with van der Waals surface area (Å²) in [4.78, 5) is 0. The third-order valence-electron chi connectivity index (χ3n) is 2.00.